The van der Waals surface area contributed by atoms with E-state index in [0.29, 0.717) is 0 Å². The molecule has 5 nitrogen and oxygen atoms in total. The molecular weight excluding hydrogens is 148 g/mol. The molecule has 0 unspecified atom stereocenters. The second-order valence-corrected chi connectivity index (χ2v) is 2.55. The largest absolute Gasteiger partial charge is 0.509 e. The maximum atomic E-state index is 9.81. The van der Waals surface area contributed by atoms with E-state index in [4.69, 9.17) is 14.8 Å². The van der Waals surface area contributed by atoms with Gasteiger partial charge in [-0.1, -0.05) is 0 Å². The molecule has 0 atom stereocenters. The van der Waals surface area contributed by atoms with Crippen molar-refractivity contribution in [3.63, 3.8) is 0 Å². The third-order valence-corrected chi connectivity index (χ3v) is 1.02. The smallest absolute Gasteiger partial charge is 0.291 e. The van der Waals surface area contributed by atoms with E-state index in [1.54, 1.807) is 0 Å². The predicted octanol–water partition coefficient (Wildman–Crippen LogP) is -0.734. The molecule has 0 spiro atoms. The van der Waals surface area contributed by atoms with Crippen LogP contribution in [0.1, 0.15) is 0 Å². The molecule has 0 aliphatic rings. The van der Waals surface area contributed by atoms with Crippen LogP contribution in [-0.2, 0) is 10.1 Å². The molecule has 0 heterocycles. The lowest BCUT2D eigenvalue weighted by molar-refractivity contribution is 0.253. The highest BCUT2D eigenvalue weighted by atomic mass is 32.2. The Kier molecular flexibility index (Phi) is 2.63. The van der Waals surface area contributed by atoms with Crippen LogP contribution in [0.3, 0.4) is 0 Å². The fraction of sp³-hybridized carbons (Fsp3) is 0.333. The van der Waals surface area contributed by atoms with Crippen molar-refractivity contribution >= 4 is 10.1 Å². The molecule has 0 fully saturated rings. The topological polar surface area (TPSA) is 94.8 Å². The van der Waals surface area contributed by atoms with Gasteiger partial charge in [0.2, 0.25) is 0 Å². The minimum atomic E-state index is -4.31. The van der Waals surface area contributed by atoms with Crippen LogP contribution in [0.4, 0.5) is 0 Å². The van der Waals surface area contributed by atoms with E-state index < -0.39 is 22.5 Å². The van der Waals surface area contributed by atoms with Crippen LogP contribution < -0.4 is 0 Å². The van der Waals surface area contributed by atoms with Crippen molar-refractivity contribution < 1.29 is 23.2 Å². The van der Waals surface area contributed by atoms with Gasteiger partial charge in [0.1, 0.15) is 12.4 Å². The number of aliphatic hydroxyl groups excluding tert-OH is 2. The Morgan fingerprint density at radius 3 is 2.11 bits per heavy atom. The molecule has 6 heteroatoms. The SMILES string of the molecule is O=S(=O)(O)C=C(O)CO. The first-order valence-corrected chi connectivity index (χ1v) is 3.44. The minimum Gasteiger partial charge on any atom is -0.509 e. The van der Waals surface area contributed by atoms with Crippen molar-refractivity contribution in [2.24, 2.45) is 0 Å². The molecule has 3 N–H and O–H groups in total. The van der Waals surface area contributed by atoms with Gasteiger partial charge in [-0.25, -0.2) is 0 Å². The Morgan fingerprint density at radius 1 is 1.56 bits per heavy atom. The number of hydrogen-bond donors (Lipinski definition) is 3. The van der Waals surface area contributed by atoms with E-state index in [1.165, 1.54) is 0 Å². The van der Waals surface area contributed by atoms with Gasteiger partial charge < -0.3 is 10.2 Å². The lowest BCUT2D eigenvalue weighted by Crippen LogP contribution is -1.96. The predicted molar refractivity (Wildman–Crippen MR) is 29.3 cm³/mol. The van der Waals surface area contributed by atoms with Gasteiger partial charge in [0.25, 0.3) is 10.1 Å². The zero-order valence-corrected chi connectivity index (χ0v) is 5.17. The first kappa shape index (κ1) is 8.41. The maximum absolute atomic E-state index is 9.81. The van der Waals surface area contributed by atoms with E-state index >= 15 is 0 Å². The van der Waals surface area contributed by atoms with Crippen molar-refractivity contribution in [2.75, 3.05) is 6.61 Å². The fourth-order valence-corrected chi connectivity index (χ4v) is 0.628. The minimum absolute atomic E-state index is 0.160. The van der Waals surface area contributed by atoms with Crippen molar-refractivity contribution in [3.8, 4) is 0 Å². The van der Waals surface area contributed by atoms with E-state index in [-0.39, 0.29) is 5.41 Å². The van der Waals surface area contributed by atoms with Crippen LogP contribution in [0.15, 0.2) is 11.2 Å². The Bertz CT molecular complexity index is 200. The molecule has 0 bridgehead atoms. The summed E-state index contributed by atoms with van der Waals surface area (Å²) in [5, 5.41) is 16.4. The Balaban J connectivity index is 4.32. The van der Waals surface area contributed by atoms with Gasteiger partial charge in [0.15, 0.2) is 0 Å². The molecule has 0 aromatic carbocycles. The molecule has 0 saturated heterocycles. The lowest BCUT2D eigenvalue weighted by Gasteiger charge is -1.88. The third-order valence-electron chi connectivity index (χ3n) is 0.447. The summed E-state index contributed by atoms with van der Waals surface area (Å²) in [4.78, 5) is 0. The van der Waals surface area contributed by atoms with Gasteiger partial charge in [0, 0.05) is 0 Å². The summed E-state index contributed by atoms with van der Waals surface area (Å²) in [6, 6.07) is 0. The zero-order valence-electron chi connectivity index (χ0n) is 4.35. The Hall–Kier alpha value is -0.590. The summed E-state index contributed by atoms with van der Waals surface area (Å²) in [7, 11) is -4.31. The maximum Gasteiger partial charge on any atom is 0.291 e. The average molecular weight is 154 g/mol. The second-order valence-electron chi connectivity index (χ2n) is 1.28. The van der Waals surface area contributed by atoms with Crippen LogP contribution in [0.5, 0.6) is 0 Å². The van der Waals surface area contributed by atoms with Crippen LogP contribution in [0, 0.1) is 0 Å². The molecule has 0 aromatic heterocycles. The lowest BCUT2D eigenvalue weighted by atomic mass is 10.6. The molecule has 0 radical (unpaired) electrons. The summed E-state index contributed by atoms with van der Waals surface area (Å²) >= 11 is 0. The van der Waals surface area contributed by atoms with E-state index in [0.717, 1.165) is 0 Å². The third kappa shape index (κ3) is 5.28. The monoisotopic (exact) mass is 154 g/mol. The number of rotatable bonds is 2. The highest BCUT2D eigenvalue weighted by Gasteiger charge is 1.99. The Labute approximate surface area is 52.0 Å². The van der Waals surface area contributed by atoms with Crippen molar-refractivity contribution in [1.29, 1.82) is 0 Å². The first-order valence-electron chi connectivity index (χ1n) is 1.93. The van der Waals surface area contributed by atoms with E-state index in [1.807, 2.05) is 0 Å². The summed E-state index contributed by atoms with van der Waals surface area (Å²) in [5.74, 6) is -0.794. The van der Waals surface area contributed by atoms with Gasteiger partial charge in [-0.3, -0.25) is 4.55 Å². The molecule has 0 aliphatic heterocycles. The molecule has 0 aliphatic carbocycles. The first-order chi connectivity index (χ1) is 3.95. The molecule has 0 aromatic rings. The van der Waals surface area contributed by atoms with E-state index in [2.05, 4.69) is 0 Å². The van der Waals surface area contributed by atoms with Crippen molar-refractivity contribution in [1.82, 2.24) is 0 Å². The number of aliphatic hydroxyl groups is 2. The standard InChI is InChI=1S/C3H6O5S/c4-1-3(5)2-9(6,7)8/h2,4-5H,1H2,(H,6,7,8). The fourth-order valence-electron chi connectivity index (χ4n) is 0.209. The van der Waals surface area contributed by atoms with Crippen LogP contribution in [0.25, 0.3) is 0 Å². The van der Waals surface area contributed by atoms with Crippen LogP contribution in [0.2, 0.25) is 0 Å². The van der Waals surface area contributed by atoms with Gasteiger partial charge >= 0.3 is 0 Å². The normalized spacial score (nSPS) is 13.8. The highest BCUT2D eigenvalue weighted by molar-refractivity contribution is 7.88. The van der Waals surface area contributed by atoms with Gasteiger partial charge in [-0.05, 0) is 0 Å². The molecule has 0 amide bonds. The molecule has 0 rings (SSSR count). The van der Waals surface area contributed by atoms with Gasteiger partial charge in [0.05, 0.1) is 5.41 Å². The summed E-state index contributed by atoms with van der Waals surface area (Å²) in [6.45, 7) is -0.806. The Morgan fingerprint density at radius 2 is 2.00 bits per heavy atom. The molecule has 0 saturated carbocycles. The zero-order chi connectivity index (χ0) is 7.49. The molecule has 54 valence electrons. The van der Waals surface area contributed by atoms with Gasteiger partial charge in [-0.2, -0.15) is 8.42 Å². The molecule has 9 heavy (non-hydrogen) atoms. The van der Waals surface area contributed by atoms with E-state index in [9.17, 15) is 8.42 Å². The van der Waals surface area contributed by atoms with Gasteiger partial charge in [-0.15, -0.1) is 0 Å². The quantitative estimate of drug-likeness (QED) is 0.360. The van der Waals surface area contributed by atoms with Crippen molar-refractivity contribution in [2.45, 2.75) is 0 Å². The van der Waals surface area contributed by atoms with Crippen LogP contribution >= 0.6 is 0 Å². The summed E-state index contributed by atoms with van der Waals surface area (Å²) in [5.41, 5.74) is 0. The van der Waals surface area contributed by atoms with Crippen molar-refractivity contribution in [3.05, 3.63) is 11.2 Å². The summed E-state index contributed by atoms with van der Waals surface area (Å²) in [6.07, 6.45) is 0. The highest BCUT2D eigenvalue weighted by Crippen LogP contribution is 1.90. The number of hydrogen-bond acceptors (Lipinski definition) is 4. The van der Waals surface area contributed by atoms with Crippen LogP contribution in [-0.4, -0.2) is 29.8 Å². The molecular formula is C3H6O5S. The second kappa shape index (κ2) is 2.81. The average Bonchev–Trinajstić information content (AvgIpc) is 1.62. The summed E-state index contributed by atoms with van der Waals surface area (Å²) < 4.78 is 27.6.